The molecule has 25 heavy (non-hydrogen) atoms. The van der Waals surface area contributed by atoms with Crippen LogP contribution in [0.25, 0.3) is 0 Å². The van der Waals surface area contributed by atoms with E-state index in [1.165, 1.54) is 11.1 Å². The summed E-state index contributed by atoms with van der Waals surface area (Å²) in [7, 11) is 0. The number of carboxylic acids is 1. The summed E-state index contributed by atoms with van der Waals surface area (Å²) in [6.45, 7) is 8.62. The van der Waals surface area contributed by atoms with Gasteiger partial charge >= 0.3 is 5.97 Å². The zero-order valence-electron chi connectivity index (χ0n) is 16.1. The number of carboxylic acid groups (broad SMARTS) is 1. The molecule has 0 aliphatic rings. The van der Waals surface area contributed by atoms with Crippen LogP contribution in [0.1, 0.15) is 64.0 Å². The fourth-order valence-corrected chi connectivity index (χ4v) is 2.93. The fraction of sp³-hybridized carbons (Fsp3) is 0.619. The van der Waals surface area contributed by atoms with Gasteiger partial charge in [-0.2, -0.15) is 0 Å². The predicted octanol–water partition coefficient (Wildman–Crippen LogP) is 4.35. The van der Waals surface area contributed by atoms with Gasteiger partial charge in [0, 0.05) is 13.0 Å². The van der Waals surface area contributed by atoms with E-state index in [2.05, 4.69) is 36.5 Å². The van der Waals surface area contributed by atoms with E-state index in [9.17, 15) is 14.7 Å². The normalized spacial score (nSPS) is 12.6. The minimum Gasteiger partial charge on any atom is -0.481 e. The van der Waals surface area contributed by atoms with E-state index in [4.69, 9.17) is 0 Å². The highest BCUT2D eigenvalue weighted by Crippen LogP contribution is 2.30. The summed E-state index contributed by atoms with van der Waals surface area (Å²) in [6, 6.07) is 8.35. The third-order valence-corrected chi connectivity index (χ3v) is 4.60. The van der Waals surface area contributed by atoms with Gasteiger partial charge in [-0.3, -0.25) is 9.59 Å². The van der Waals surface area contributed by atoms with E-state index in [-0.39, 0.29) is 17.2 Å². The maximum atomic E-state index is 11.8. The highest BCUT2D eigenvalue weighted by Gasteiger charge is 2.30. The lowest BCUT2D eigenvalue weighted by molar-refractivity contribution is -0.145. The van der Waals surface area contributed by atoms with E-state index < -0.39 is 5.97 Å². The van der Waals surface area contributed by atoms with Crippen molar-refractivity contribution >= 4 is 11.9 Å². The number of hydrogen-bond donors (Lipinski definition) is 2. The lowest BCUT2D eigenvalue weighted by Crippen LogP contribution is -2.28. The van der Waals surface area contributed by atoms with Crippen LogP contribution in [0, 0.1) is 18.3 Å². The molecule has 0 radical (unpaired) electrons. The zero-order valence-corrected chi connectivity index (χ0v) is 16.1. The molecule has 0 aliphatic heterocycles. The minimum absolute atomic E-state index is 0.0812. The van der Waals surface area contributed by atoms with Crippen LogP contribution in [-0.4, -0.2) is 23.5 Å². The second-order valence-corrected chi connectivity index (χ2v) is 7.94. The average molecular weight is 347 g/mol. The molecule has 0 aromatic heterocycles. The summed E-state index contributed by atoms with van der Waals surface area (Å²) in [5.74, 6) is -0.963. The maximum Gasteiger partial charge on any atom is 0.307 e. The molecule has 4 heteroatoms. The van der Waals surface area contributed by atoms with Gasteiger partial charge in [-0.1, -0.05) is 63.4 Å². The van der Waals surface area contributed by atoms with Crippen molar-refractivity contribution in [3.05, 3.63) is 35.4 Å². The lowest BCUT2D eigenvalue weighted by Gasteiger charge is -2.26. The first-order valence-electron chi connectivity index (χ1n) is 9.25. The minimum atomic E-state index is -0.721. The predicted molar refractivity (Wildman–Crippen MR) is 102 cm³/mol. The van der Waals surface area contributed by atoms with Crippen molar-refractivity contribution in [2.45, 2.75) is 66.2 Å². The van der Waals surface area contributed by atoms with Crippen molar-refractivity contribution < 1.29 is 14.7 Å². The van der Waals surface area contributed by atoms with Crippen molar-refractivity contribution in [2.75, 3.05) is 6.54 Å². The van der Waals surface area contributed by atoms with Crippen molar-refractivity contribution in [3.63, 3.8) is 0 Å². The molecule has 140 valence electrons. The van der Waals surface area contributed by atoms with Crippen molar-refractivity contribution in [1.29, 1.82) is 0 Å². The van der Waals surface area contributed by atoms with Crippen molar-refractivity contribution in [3.8, 4) is 0 Å². The van der Waals surface area contributed by atoms with Gasteiger partial charge < -0.3 is 10.4 Å². The molecule has 0 spiro atoms. The summed E-state index contributed by atoms with van der Waals surface area (Å²) >= 11 is 0. The monoisotopic (exact) mass is 347 g/mol. The van der Waals surface area contributed by atoms with Gasteiger partial charge in [0.05, 0.1) is 5.92 Å². The third kappa shape index (κ3) is 8.71. The Bertz CT molecular complexity index is 543. The number of aliphatic carboxylic acids is 1. The largest absolute Gasteiger partial charge is 0.481 e. The average Bonchev–Trinajstić information content (AvgIpc) is 2.51. The molecule has 1 amide bonds. The van der Waals surface area contributed by atoms with E-state index in [1.807, 2.05) is 20.8 Å². The molecule has 1 rings (SSSR count). The van der Waals surface area contributed by atoms with Gasteiger partial charge in [-0.25, -0.2) is 0 Å². The molecule has 0 saturated carbocycles. The van der Waals surface area contributed by atoms with Gasteiger partial charge in [0.2, 0.25) is 5.91 Å². The molecule has 0 bridgehead atoms. The number of amides is 1. The molecule has 1 unspecified atom stereocenters. The Morgan fingerprint density at radius 2 is 1.72 bits per heavy atom. The Hall–Kier alpha value is -1.84. The topological polar surface area (TPSA) is 66.4 Å². The quantitative estimate of drug-likeness (QED) is 0.618. The number of benzene rings is 1. The number of aryl methyl sites for hydroxylation is 1. The molecule has 0 heterocycles. The highest BCUT2D eigenvalue weighted by atomic mass is 16.4. The van der Waals surface area contributed by atoms with Crippen LogP contribution in [0.3, 0.4) is 0 Å². The molecule has 0 aliphatic carbocycles. The van der Waals surface area contributed by atoms with Crippen LogP contribution in [0.2, 0.25) is 0 Å². The SMILES string of the molecule is Cc1ccc(CCNC(=O)CCCCCC(C(=O)O)C(C)(C)C)cc1. The van der Waals surface area contributed by atoms with Crippen LogP contribution in [0.5, 0.6) is 0 Å². The summed E-state index contributed by atoms with van der Waals surface area (Å²) in [6.07, 6.45) is 4.59. The van der Waals surface area contributed by atoms with Gasteiger partial charge in [-0.15, -0.1) is 0 Å². The first-order valence-corrected chi connectivity index (χ1v) is 9.25. The maximum absolute atomic E-state index is 11.8. The van der Waals surface area contributed by atoms with Gasteiger partial charge in [0.1, 0.15) is 0 Å². The van der Waals surface area contributed by atoms with Gasteiger partial charge in [0.15, 0.2) is 0 Å². The Morgan fingerprint density at radius 1 is 1.08 bits per heavy atom. The van der Waals surface area contributed by atoms with Gasteiger partial charge in [-0.05, 0) is 37.2 Å². The number of unbranched alkanes of at least 4 members (excludes halogenated alkanes) is 2. The summed E-state index contributed by atoms with van der Waals surface area (Å²) in [4.78, 5) is 23.2. The Morgan fingerprint density at radius 3 is 2.28 bits per heavy atom. The zero-order chi connectivity index (χ0) is 18.9. The second kappa shape index (κ2) is 10.2. The second-order valence-electron chi connectivity index (χ2n) is 7.94. The van der Waals surface area contributed by atoms with E-state index in [1.54, 1.807) is 0 Å². The van der Waals surface area contributed by atoms with Crippen LogP contribution in [-0.2, 0) is 16.0 Å². The first-order chi connectivity index (χ1) is 11.7. The number of nitrogens with one attached hydrogen (secondary N) is 1. The molecular formula is C21H33NO3. The Balaban J connectivity index is 2.14. The summed E-state index contributed by atoms with van der Waals surface area (Å²) in [5, 5.41) is 12.3. The molecule has 4 nitrogen and oxygen atoms in total. The van der Waals surface area contributed by atoms with Crippen LogP contribution in [0.4, 0.5) is 0 Å². The molecule has 1 aromatic carbocycles. The first kappa shape index (κ1) is 21.2. The van der Waals surface area contributed by atoms with E-state index >= 15 is 0 Å². The summed E-state index contributed by atoms with van der Waals surface area (Å²) in [5.41, 5.74) is 2.25. The Kier molecular flexibility index (Phi) is 8.67. The number of rotatable bonds is 10. The standard InChI is InChI=1S/C21H33NO3/c1-16-10-12-17(13-11-16)14-15-22-19(23)9-7-5-6-8-18(20(24)25)21(2,3)4/h10-13,18H,5-9,14-15H2,1-4H3,(H,22,23)(H,24,25). The fourth-order valence-electron chi connectivity index (χ4n) is 2.93. The van der Waals surface area contributed by atoms with Gasteiger partial charge in [0.25, 0.3) is 0 Å². The Labute approximate surface area is 152 Å². The molecular weight excluding hydrogens is 314 g/mol. The molecule has 2 N–H and O–H groups in total. The van der Waals surface area contributed by atoms with Crippen LogP contribution < -0.4 is 5.32 Å². The molecule has 0 saturated heterocycles. The van der Waals surface area contributed by atoms with E-state index in [0.717, 1.165) is 25.7 Å². The van der Waals surface area contributed by atoms with E-state index in [0.29, 0.717) is 19.4 Å². The molecule has 1 aromatic rings. The highest BCUT2D eigenvalue weighted by molar-refractivity contribution is 5.75. The smallest absolute Gasteiger partial charge is 0.307 e. The van der Waals surface area contributed by atoms with Crippen LogP contribution >= 0.6 is 0 Å². The summed E-state index contributed by atoms with van der Waals surface area (Å²) < 4.78 is 0. The van der Waals surface area contributed by atoms with Crippen molar-refractivity contribution in [1.82, 2.24) is 5.32 Å². The molecule has 0 fully saturated rings. The lowest BCUT2D eigenvalue weighted by atomic mass is 9.78. The van der Waals surface area contributed by atoms with Crippen LogP contribution in [0.15, 0.2) is 24.3 Å². The number of hydrogen-bond acceptors (Lipinski definition) is 2. The number of carbonyl (C=O) groups is 2. The number of carbonyl (C=O) groups excluding carboxylic acids is 1. The van der Waals surface area contributed by atoms with Crippen molar-refractivity contribution in [2.24, 2.45) is 11.3 Å². The molecule has 1 atom stereocenters. The third-order valence-electron chi connectivity index (χ3n) is 4.60.